The zero-order chi connectivity index (χ0) is 10.8. The van der Waals surface area contributed by atoms with Crippen LogP contribution >= 0.6 is 0 Å². The van der Waals surface area contributed by atoms with Crippen LogP contribution in [-0.4, -0.2) is 22.2 Å². The van der Waals surface area contributed by atoms with Gasteiger partial charge < -0.3 is 21.6 Å². The Labute approximate surface area is 115 Å². The molecule has 2 rings (SSSR count). The topological polar surface area (TPSA) is 83.7 Å². The monoisotopic (exact) mass is 231 g/mol. The molecule has 0 aliphatic heterocycles. The summed E-state index contributed by atoms with van der Waals surface area (Å²) in [6.45, 7) is 0. The number of fused-ring (bicyclic) bond motifs is 1. The van der Waals surface area contributed by atoms with Crippen LogP contribution in [0.1, 0.15) is 1.43 Å². The fraction of sp³-hybridized carbons (Fsp3) is 0.111. The van der Waals surface area contributed by atoms with Crippen LogP contribution in [0.3, 0.4) is 0 Å². The number of H-pyrrole nitrogens is 1. The molecule has 0 aliphatic rings. The average molecular weight is 231 g/mol. The number of aromatic amines is 1. The molecule has 1 aromatic carbocycles. The first kappa shape index (κ1) is 12.8. The predicted octanol–water partition coefficient (Wildman–Crippen LogP) is -0.724. The molecule has 0 aliphatic carbocycles. The van der Waals surface area contributed by atoms with Gasteiger partial charge in [0.2, 0.25) is 5.28 Å². The molecule has 16 heavy (non-hydrogen) atoms. The molecule has 0 saturated heterocycles. The van der Waals surface area contributed by atoms with Gasteiger partial charge in [0.15, 0.2) is 0 Å². The number of nitrogens with zero attached hydrogens (tertiary/aromatic N) is 2. The van der Waals surface area contributed by atoms with Gasteiger partial charge in [-0.15, -0.1) is 0 Å². The Bertz CT molecular complexity index is 529. The van der Waals surface area contributed by atoms with Gasteiger partial charge in [-0.2, -0.15) is 0 Å². The standard InChI is InChI=1S/C9H9N3O3.Na.H/c1-15-6-2-3-8-7(4-6)9(5-10-8)12(14)11-13;;/h2-5,10,13H,1H3;;/q;+1;-1. The molecule has 2 N–H and O–H groups in total. The fourth-order valence-corrected chi connectivity index (χ4v) is 1.42. The number of hydrogen-bond donors (Lipinski definition) is 2. The summed E-state index contributed by atoms with van der Waals surface area (Å²) in [4.78, 5) is 3.02. The number of nitrogens with one attached hydrogen (secondary N) is 1. The first-order chi connectivity index (χ1) is 7.26. The Balaban J connectivity index is 0.00000128. The van der Waals surface area contributed by atoms with Crippen molar-refractivity contribution in [1.82, 2.24) is 4.98 Å². The summed E-state index contributed by atoms with van der Waals surface area (Å²) in [5, 5.41) is 22.7. The third-order valence-electron chi connectivity index (χ3n) is 2.15. The Hall–Kier alpha value is -1.24. The van der Waals surface area contributed by atoms with Crippen molar-refractivity contribution in [3.05, 3.63) is 29.6 Å². The third kappa shape index (κ3) is 2.13. The molecule has 0 unspecified atom stereocenters. The molecule has 0 atom stereocenters. The molecule has 0 bridgehead atoms. The molecule has 0 amide bonds. The summed E-state index contributed by atoms with van der Waals surface area (Å²) in [7, 11) is 1.54. The normalized spacial score (nSPS) is 11.2. The van der Waals surface area contributed by atoms with E-state index in [0.717, 1.165) is 5.52 Å². The van der Waals surface area contributed by atoms with Crippen LogP contribution in [0.4, 0.5) is 5.69 Å². The van der Waals surface area contributed by atoms with Crippen molar-refractivity contribution in [2.75, 3.05) is 7.11 Å². The van der Waals surface area contributed by atoms with Crippen LogP contribution in [0.2, 0.25) is 0 Å². The number of methoxy groups -OCH3 is 1. The smallest absolute Gasteiger partial charge is 1.00 e. The molecule has 80 valence electrons. The minimum Gasteiger partial charge on any atom is -1.00 e. The summed E-state index contributed by atoms with van der Waals surface area (Å²) in [6.07, 6.45) is 1.47. The molecule has 0 saturated carbocycles. The molecule has 0 fully saturated rings. The third-order valence-corrected chi connectivity index (χ3v) is 2.15. The Kier molecular flexibility index (Phi) is 4.17. The molecule has 1 aromatic heterocycles. The minimum atomic E-state index is 0. The van der Waals surface area contributed by atoms with Gasteiger partial charge in [-0.1, -0.05) is 0 Å². The van der Waals surface area contributed by atoms with Crippen LogP contribution in [0, 0.1) is 5.21 Å². The molecular formula is C9H10N3NaO3. The quantitative estimate of drug-likeness (QED) is 0.309. The summed E-state index contributed by atoms with van der Waals surface area (Å²) >= 11 is 0. The predicted molar refractivity (Wildman–Crippen MR) is 53.5 cm³/mol. The van der Waals surface area contributed by atoms with Gasteiger partial charge >= 0.3 is 29.6 Å². The van der Waals surface area contributed by atoms with Gasteiger partial charge in [0.05, 0.1) is 24.2 Å². The summed E-state index contributed by atoms with van der Waals surface area (Å²) in [6, 6.07) is 5.24. The number of ether oxygens (including phenoxy) is 1. The van der Waals surface area contributed by atoms with Crippen molar-refractivity contribution < 1.29 is 45.8 Å². The maximum Gasteiger partial charge on any atom is 1.00 e. The van der Waals surface area contributed by atoms with E-state index in [-0.39, 0.29) is 41.5 Å². The first-order valence-corrected chi connectivity index (χ1v) is 4.23. The summed E-state index contributed by atoms with van der Waals surface area (Å²) in [5.41, 5.74) is 1.02. The molecule has 0 radical (unpaired) electrons. The molecule has 2 aromatic rings. The average Bonchev–Trinajstić information content (AvgIpc) is 2.70. The fourth-order valence-electron chi connectivity index (χ4n) is 1.42. The van der Waals surface area contributed by atoms with E-state index in [1.807, 2.05) is 0 Å². The Morgan fingerprint density at radius 1 is 1.56 bits per heavy atom. The zero-order valence-electron chi connectivity index (χ0n) is 9.97. The van der Waals surface area contributed by atoms with Gasteiger partial charge in [-0.3, -0.25) is 0 Å². The molecule has 6 nitrogen and oxygen atoms in total. The van der Waals surface area contributed by atoms with E-state index in [9.17, 15) is 5.21 Å². The molecular weight excluding hydrogens is 221 g/mol. The number of aromatic nitrogens is 1. The van der Waals surface area contributed by atoms with Crippen LogP contribution < -0.4 is 34.3 Å². The van der Waals surface area contributed by atoms with Gasteiger partial charge in [-0.05, 0) is 23.1 Å². The van der Waals surface area contributed by atoms with Crippen LogP contribution in [0.15, 0.2) is 29.7 Å². The van der Waals surface area contributed by atoms with Crippen molar-refractivity contribution in [3.8, 4) is 5.75 Å². The van der Waals surface area contributed by atoms with Crippen LogP contribution in [0.25, 0.3) is 10.9 Å². The number of rotatable bonds is 2. The second-order valence-corrected chi connectivity index (χ2v) is 2.95. The number of hydrogen-bond acceptors (Lipinski definition) is 3. The van der Waals surface area contributed by atoms with E-state index in [2.05, 4.69) is 10.3 Å². The molecule has 1 heterocycles. The van der Waals surface area contributed by atoms with E-state index >= 15 is 0 Å². The van der Waals surface area contributed by atoms with E-state index in [4.69, 9.17) is 9.94 Å². The zero-order valence-corrected chi connectivity index (χ0v) is 11.0. The maximum atomic E-state index is 11.1. The van der Waals surface area contributed by atoms with Crippen molar-refractivity contribution >= 4 is 16.6 Å². The largest absolute Gasteiger partial charge is 1.00 e. The Morgan fingerprint density at radius 2 is 2.31 bits per heavy atom. The van der Waals surface area contributed by atoms with Crippen LogP contribution in [0.5, 0.6) is 5.75 Å². The summed E-state index contributed by atoms with van der Waals surface area (Å²) < 4.78 is 5.03. The van der Waals surface area contributed by atoms with Crippen molar-refractivity contribution in [2.24, 2.45) is 5.28 Å². The minimum absolute atomic E-state index is 0. The van der Waals surface area contributed by atoms with Gasteiger partial charge in [0, 0.05) is 0 Å². The van der Waals surface area contributed by atoms with Gasteiger partial charge in [-0.25, -0.2) is 0 Å². The summed E-state index contributed by atoms with van der Waals surface area (Å²) in [5.74, 6) is 0.634. The van der Waals surface area contributed by atoms with Crippen molar-refractivity contribution in [1.29, 1.82) is 0 Å². The second kappa shape index (κ2) is 5.20. The maximum absolute atomic E-state index is 11.1. The second-order valence-electron chi connectivity index (χ2n) is 2.95. The Morgan fingerprint density at radius 3 is 2.94 bits per heavy atom. The number of benzene rings is 1. The van der Waals surface area contributed by atoms with Gasteiger partial charge in [0.25, 0.3) is 5.69 Å². The van der Waals surface area contributed by atoms with Crippen molar-refractivity contribution in [2.45, 2.75) is 0 Å². The van der Waals surface area contributed by atoms with Crippen LogP contribution in [-0.2, 0) is 0 Å². The first-order valence-electron chi connectivity index (χ1n) is 4.23. The van der Waals surface area contributed by atoms with E-state index in [1.165, 1.54) is 6.20 Å². The van der Waals surface area contributed by atoms with Crippen molar-refractivity contribution in [3.63, 3.8) is 0 Å². The van der Waals surface area contributed by atoms with E-state index in [0.29, 0.717) is 11.1 Å². The van der Waals surface area contributed by atoms with E-state index < -0.39 is 0 Å². The molecule has 0 spiro atoms. The SMILES string of the molecule is COc1ccc2[nH]cc([N+]([O-])=NO)c2c1.[H-].[Na+]. The van der Waals surface area contributed by atoms with Gasteiger partial charge in [0.1, 0.15) is 5.75 Å². The van der Waals surface area contributed by atoms with E-state index in [1.54, 1.807) is 25.3 Å². The molecule has 7 heteroatoms.